The van der Waals surface area contributed by atoms with Gasteiger partial charge in [0.25, 0.3) is 0 Å². The Kier molecular flexibility index (Phi) is 12.2. The van der Waals surface area contributed by atoms with Crippen LogP contribution in [0.2, 0.25) is 0 Å². The first-order chi connectivity index (χ1) is 19.3. The van der Waals surface area contributed by atoms with Crippen molar-refractivity contribution in [3.63, 3.8) is 0 Å². The lowest BCUT2D eigenvalue weighted by Gasteiger charge is -2.20. The average molecular weight is 585 g/mol. The van der Waals surface area contributed by atoms with Gasteiger partial charge in [-0.3, -0.25) is 4.79 Å². The number of carbonyl (C=O) groups is 1. The Bertz CT molecular complexity index is 1280. The minimum atomic E-state index is 0.616. The number of unbranched alkanes of at least 4 members (excludes halogenated alkanes) is 10. The monoisotopic (exact) mass is 584 g/mol. The van der Waals surface area contributed by atoms with E-state index in [0.717, 1.165) is 75.4 Å². The molecule has 210 valence electrons. The molecular weight excluding hydrogens is 545 g/mol. The van der Waals surface area contributed by atoms with Gasteiger partial charge in [-0.25, -0.2) is 0 Å². The van der Waals surface area contributed by atoms with Crippen molar-refractivity contribution < 1.29 is 14.3 Å². The second kappa shape index (κ2) is 16.1. The summed E-state index contributed by atoms with van der Waals surface area (Å²) in [5.74, 6) is 1.49. The van der Waals surface area contributed by atoms with E-state index in [9.17, 15) is 4.79 Å². The molecule has 1 aromatic carbocycles. The van der Waals surface area contributed by atoms with Gasteiger partial charge in [0.2, 0.25) is 0 Å². The Balaban J connectivity index is 1.70. The van der Waals surface area contributed by atoms with Crippen molar-refractivity contribution >= 4 is 51.7 Å². The number of aromatic nitrogens is 2. The van der Waals surface area contributed by atoms with Crippen LogP contribution in [-0.2, 0) is 0 Å². The highest BCUT2D eigenvalue weighted by molar-refractivity contribution is 7.17. The number of nitrogens with zero attached hydrogens (tertiary/aromatic N) is 2. The highest BCUT2D eigenvalue weighted by Crippen LogP contribution is 2.52. The Morgan fingerprint density at radius 2 is 1.28 bits per heavy atom. The summed E-state index contributed by atoms with van der Waals surface area (Å²) in [6, 6.07) is 8.02. The Hall–Kier alpha value is -2.29. The standard InChI is InChI=1S/C31H40N2O3S3/c1-3-5-7-9-11-13-19-35-30-26(24-16-15-21-37-24)28-29(33-39-32-28)27(25-18-17-23(22-34)38-25)31(30)36-20-14-12-10-8-6-4-2/h15-18,21-22H,3-14,19-20H2,1-2H3. The van der Waals surface area contributed by atoms with Crippen LogP contribution in [0.1, 0.15) is 101 Å². The van der Waals surface area contributed by atoms with E-state index in [1.807, 2.05) is 12.1 Å². The zero-order chi connectivity index (χ0) is 27.3. The molecule has 0 aliphatic rings. The van der Waals surface area contributed by atoms with Gasteiger partial charge in [0, 0.05) is 9.75 Å². The second-order valence-corrected chi connectivity index (χ2v) is 12.5. The molecule has 39 heavy (non-hydrogen) atoms. The number of fused-ring (bicyclic) bond motifs is 1. The quantitative estimate of drug-likeness (QED) is 0.0810. The molecule has 0 aliphatic heterocycles. The van der Waals surface area contributed by atoms with E-state index in [1.165, 1.54) is 74.4 Å². The molecule has 0 aliphatic carbocycles. The number of ether oxygens (including phenoxy) is 2. The molecule has 0 amide bonds. The van der Waals surface area contributed by atoms with E-state index >= 15 is 0 Å². The molecule has 0 fully saturated rings. The number of thiophene rings is 2. The topological polar surface area (TPSA) is 61.3 Å². The molecule has 0 spiro atoms. The van der Waals surface area contributed by atoms with Gasteiger partial charge in [-0.1, -0.05) is 84.1 Å². The third-order valence-electron chi connectivity index (χ3n) is 6.87. The van der Waals surface area contributed by atoms with Crippen LogP contribution in [0, 0.1) is 0 Å². The fraction of sp³-hybridized carbons (Fsp3) is 0.516. The number of carbonyl (C=O) groups excluding carboxylic acids is 1. The molecule has 0 radical (unpaired) electrons. The van der Waals surface area contributed by atoms with Crippen molar-refractivity contribution in [3.8, 4) is 32.4 Å². The number of hydrogen-bond donors (Lipinski definition) is 0. The van der Waals surface area contributed by atoms with Crippen molar-refractivity contribution in [2.24, 2.45) is 0 Å². The number of aldehydes is 1. The smallest absolute Gasteiger partial charge is 0.172 e. The fourth-order valence-electron chi connectivity index (χ4n) is 4.78. The van der Waals surface area contributed by atoms with Gasteiger partial charge in [-0.15, -0.1) is 22.7 Å². The fourth-order valence-corrected chi connectivity index (χ4v) is 6.97. The summed E-state index contributed by atoms with van der Waals surface area (Å²) in [6.45, 7) is 5.73. The average Bonchev–Trinajstić information content (AvgIpc) is 3.74. The van der Waals surface area contributed by atoms with Crippen molar-refractivity contribution in [1.29, 1.82) is 0 Å². The first-order valence-electron chi connectivity index (χ1n) is 14.5. The van der Waals surface area contributed by atoms with Gasteiger partial charge in [0.15, 0.2) is 17.8 Å². The van der Waals surface area contributed by atoms with Crippen LogP contribution in [-0.4, -0.2) is 28.2 Å². The molecule has 0 unspecified atom stereocenters. The molecule has 3 heterocycles. The summed E-state index contributed by atoms with van der Waals surface area (Å²) >= 11 is 4.35. The van der Waals surface area contributed by atoms with E-state index in [1.54, 1.807) is 11.3 Å². The molecule has 4 rings (SSSR count). The Labute approximate surface area is 244 Å². The molecule has 8 heteroatoms. The molecule has 0 saturated carbocycles. The predicted molar refractivity (Wildman–Crippen MR) is 167 cm³/mol. The maximum Gasteiger partial charge on any atom is 0.172 e. The second-order valence-electron chi connectivity index (χ2n) is 9.90. The predicted octanol–water partition coefficient (Wildman–Crippen LogP) is 10.4. The summed E-state index contributed by atoms with van der Waals surface area (Å²) in [5.41, 5.74) is 3.51. The van der Waals surface area contributed by atoms with Crippen LogP contribution in [0.15, 0.2) is 29.6 Å². The third-order valence-corrected chi connectivity index (χ3v) is 9.31. The van der Waals surface area contributed by atoms with Gasteiger partial charge in [-0.2, -0.15) is 8.75 Å². The van der Waals surface area contributed by atoms with Gasteiger partial charge in [0.05, 0.1) is 40.9 Å². The molecule has 3 aromatic heterocycles. The highest BCUT2D eigenvalue weighted by atomic mass is 32.1. The van der Waals surface area contributed by atoms with Crippen LogP contribution < -0.4 is 9.47 Å². The molecule has 0 bridgehead atoms. The molecule has 4 aromatic rings. The SMILES string of the molecule is CCCCCCCCOc1c(OCCCCCCCC)c(-c2ccc(C=O)s2)c2nsnc2c1-c1cccs1. The van der Waals surface area contributed by atoms with E-state index < -0.39 is 0 Å². The van der Waals surface area contributed by atoms with Crippen molar-refractivity contribution in [2.45, 2.75) is 90.9 Å². The van der Waals surface area contributed by atoms with Crippen molar-refractivity contribution in [3.05, 3.63) is 34.5 Å². The van der Waals surface area contributed by atoms with E-state index in [2.05, 4.69) is 31.4 Å². The Morgan fingerprint density at radius 1 is 0.718 bits per heavy atom. The minimum absolute atomic E-state index is 0.616. The molecule has 0 saturated heterocycles. The van der Waals surface area contributed by atoms with E-state index in [0.29, 0.717) is 18.1 Å². The van der Waals surface area contributed by atoms with Crippen molar-refractivity contribution in [2.75, 3.05) is 13.2 Å². The van der Waals surface area contributed by atoms with Gasteiger partial charge in [0.1, 0.15) is 11.0 Å². The lowest BCUT2D eigenvalue weighted by Crippen LogP contribution is -2.06. The van der Waals surface area contributed by atoms with Crippen LogP contribution in [0.3, 0.4) is 0 Å². The maximum atomic E-state index is 11.5. The third kappa shape index (κ3) is 7.89. The van der Waals surface area contributed by atoms with Crippen LogP contribution >= 0.6 is 34.4 Å². The zero-order valence-corrected chi connectivity index (χ0v) is 25.7. The largest absolute Gasteiger partial charge is 0.489 e. The lowest BCUT2D eigenvalue weighted by molar-refractivity contribution is 0.112. The van der Waals surface area contributed by atoms with Gasteiger partial charge in [-0.05, 0) is 36.4 Å². The molecule has 0 N–H and O–H groups in total. The maximum absolute atomic E-state index is 11.5. The van der Waals surface area contributed by atoms with Crippen LogP contribution in [0.4, 0.5) is 0 Å². The van der Waals surface area contributed by atoms with Crippen molar-refractivity contribution in [1.82, 2.24) is 8.75 Å². The molecule has 0 atom stereocenters. The van der Waals surface area contributed by atoms with Gasteiger partial charge >= 0.3 is 0 Å². The normalized spacial score (nSPS) is 11.3. The zero-order valence-electron chi connectivity index (χ0n) is 23.2. The number of hydrogen-bond acceptors (Lipinski definition) is 8. The first kappa shape index (κ1) is 29.7. The summed E-state index contributed by atoms with van der Waals surface area (Å²) in [6.07, 6.45) is 15.3. The lowest BCUT2D eigenvalue weighted by atomic mass is 10.0. The molecule has 5 nitrogen and oxygen atoms in total. The van der Waals surface area contributed by atoms with E-state index in [4.69, 9.17) is 18.2 Å². The highest BCUT2D eigenvalue weighted by Gasteiger charge is 2.28. The summed E-state index contributed by atoms with van der Waals surface area (Å²) < 4.78 is 22.7. The molecular formula is C31H40N2O3S3. The summed E-state index contributed by atoms with van der Waals surface area (Å²) in [7, 11) is 0. The number of rotatable bonds is 19. The van der Waals surface area contributed by atoms with Gasteiger partial charge < -0.3 is 9.47 Å². The summed E-state index contributed by atoms with van der Waals surface area (Å²) in [5, 5.41) is 2.08. The number of benzene rings is 1. The van der Waals surface area contributed by atoms with E-state index in [-0.39, 0.29) is 0 Å². The van der Waals surface area contributed by atoms with Crippen LogP contribution in [0.25, 0.3) is 31.9 Å². The van der Waals surface area contributed by atoms with Crippen LogP contribution in [0.5, 0.6) is 11.5 Å². The minimum Gasteiger partial charge on any atom is -0.489 e. The Morgan fingerprint density at radius 3 is 1.79 bits per heavy atom. The summed E-state index contributed by atoms with van der Waals surface area (Å²) in [4.78, 5) is 14.3. The first-order valence-corrected chi connectivity index (χ1v) is 16.9.